The summed E-state index contributed by atoms with van der Waals surface area (Å²) >= 11 is 0. The van der Waals surface area contributed by atoms with E-state index in [0.29, 0.717) is 25.1 Å². The van der Waals surface area contributed by atoms with Gasteiger partial charge in [0.1, 0.15) is 6.04 Å². The summed E-state index contributed by atoms with van der Waals surface area (Å²) in [6, 6.07) is 2.94. The molecule has 2 amide bonds. The third kappa shape index (κ3) is 7.88. The van der Waals surface area contributed by atoms with Crippen LogP contribution in [-0.2, 0) is 9.53 Å². The van der Waals surface area contributed by atoms with Crippen LogP contribution in [0.3, 0.4) is 0 Å². The van der Waals surface area contributed by atoms with Gasteiger partial charge in [0.05, 0.1) is 13.2 Å². The van der Waals surface area contributed by atoms with Gasteiger partial charge in [-0.2, -0.15) is 0 Å². The molecule has 1 aromatic rings. The number of ether oxygens (including phenoxy) is 1. The van der Waals surface area contributed by atoms with Crippen LogP contribution in [0.15, 0.2) is 37.2 Å². The Kier molecular flexibility index (Phi) is 11.1. The molecule has 0 radical (unpaired) electrons. The fraction of sp³-hybridized carbons (Fsp3) is 0.609. The van der Waals surface area contributed by atoms with Crippen molar-refractivity contribution in [2.75, 3.05) is 45.9 Å². The summed E-state index contributed by atoms with van der Waals surface area (Å²) in [6.45, 7) is 11.0. The maximum atomic E-state index is 13.3. The SMILES string of the molecule is C=CCNC(=O)C(CCCCC)N(CCCN1CCOCC1)C(=O)c1ccncc1. The molecule has 2 rings (SSSR count). The van der Waals surface area contributed by atoms with Gasteiger partial charge in [-0.1, -0.05) is 32.3 Å². The second-order valence-corrected chi connectivity index (χ2v) is 7.59. The molecule has 1 aromatic heterocycles. The predicted octanol–water partition coefficient (Wildman–Crippen LogP) is 2.50. The van der Waals surface area contributed by atoms with E-state index in [4.69, 9.17) is 4.74 Å². The molecular formula is C23H36N4O3. The zero-order chi connectivity index (χ0) is 21.6. The lowest BCUT2D eigenvalue weighted by Crippen LogP contribution is -2.50. The molecule has 0 spiro atoms. The van der Waals surface area contributed by atoms with Gasteiger partial charge in [-0.05, 0) is 25.0 Å². The standard InChI is InChI=1S/C23H36N4O3/c1-3-5-6-8-21(22(28)25-11-4-2)27(23(29)20-9-12-24-13-10-20)15-7-14-26-16-18-30-19-17-26/h4,9-10,12-13,21H,2-3,5-8,11,14-19H2,1H3,(H,25,28). The molecule has 0 bridgehead atoms. The zero-order valence-electron chi connectivity index (χ0n) is 18.2. The molecule has 0 aromatic carbocycles. The summed E-state index contributed by atoms with van der Waals surface area (Å²) in [5, 5.41) is 2.90. The largest absolute Gasteiger partial charge is 0.379 e. The molecule has 7 nitrogen and oxygen atoms in total. The number of carbonyl (C=O) groups is 2. The minimum atomic E-state index is -0.484. The van der Waals surface area contributed by atoms with E-state index in [0.717, 1.165) is 58.5 Å². The normalized spacial score (nSPS) is 15.4. The number of nitrogens with zero attached hydrogens (tertiary/aromatic N) is 3. The third-order valence-corrected chi connectivity index (χ3v) is 5.35. The Balaban J connectivity index is 2.13. The molecule has 166 valence electrons. The average Bonchev–Trinajstić information content (AvgIpc) is 2.79. The number of nitrogens with one attached hydrogen (secondary N) is 1. The minimum Gasteiger partial charge on any atom is -0.379 e. The summed E-state index contributed by atoms with van der Waals surface area (Å²) in [5.41, 5.74) is 0.563. The minimum absolute atomic E-state index is 0.111. The molecule has 30 heavy (non-hydrogen) atoms. The first kappa shape index (κ1) is 24.0. The number of rotatable bonds is 13. The molecule has 1 aliphatic rings. The molecule has 1 N–H and O–H groups in total. The second kappa shape index (κ2) is 13.9. The smallest absolute Gasteiger partial charge is 0.254 e. The molecule has 0 aliphatic carbocycles. The van der Waals surface area contributed by atoms with E-state index in [9.17, 15) is 9.59 Å². The van der Waals surface area contributed by atoms with Crippen LogP contribution in [0.2, 0.25) is 0 Å². The molecule has 1 fully saturated rings. The lowest BCUT2D eigenvalue weighted by atomic mass is 10.0. The first-order valence-corrected chi connectivity index (χ1v) is 11.1. The fourth-order valence-electron chi connectivity index (χ4n) is 3.66. The average molecular weight is 417 g/mol. The summed E-state index contributed by atoms with van der Waals surface area (Å²) in [5.74, 6) is -0.227. The van der Waals surface area contributed by atoms with E-state index in [1.54, 1.807) is 35.5 Å². The van der Waals surface area contributed by atoms with E-state index < -0.39 is 6.04 Å². The molecule has 1 atom stereocenters. The van der Waals surface area contributed by atoms with Crippen LogP contribution < -0.4 is 5.32 Å². The molecule has 2 heterocycles. The Bertz CT molecular complexity index is 647. The van der Waals surface area contributed by atoms with Crippen LogP contribution in [0.4, 0.5) is 0 Å². The Morgan fingerprint density at radius 1 is 1.27 bits per heavy atom. The van der Waals surface area contributed by atoms with Crippen molar-refractivity contribution in [3.05, 3.63) is 42.7 Å². The van der Waals surface area contributed by atoms with Crippen molar-refractivity contribution in [1.82, 2.24) is 20.1 Å². The quantitative estimate of drug-likeness (QED) is 0.395. The molecule has 1 aliphatic heterocycles. The van der Waals surface area contributed by atoms with E-state index >= 15 is 0 Å². The van der Waals surface area contributed by atoms with Crippen molar-refractivity contribution in [2.24, 2.45) is 0 Å². The number of pyridine rings is 1. The molecule has 0 saturated carbocycles. The van der Waals surface area contributed by atoms with Gasteiger partial charge >= 0.3 is 0 Å². The van der Waals surface area contributed by atoms with Crippen LogP contribution in [0.25, 0.3) is 0 Å². The second-order valence-electron chi connectivity index (χ2n) is 7.59. The van der Waals surface area contributed by atoms with E-state index in [1.807, 2.05) is 0 Å². The number of aromatic nitrogens is 1. The Morgan fingerprint density at radius 2 is 2.00 bits per heavy atom. The number of morpholine rings is 1. The first-order chi connectivity index (χ1) is 14.7. The van der Waals surface area contributed by atoms with Crippen LogP contribution in [0.1, 0.15) is 49.4 Å². The van der Waals surface area contributed by atoms with Gasteiger partial charge in [0.15, 0.2) is 0 Å². The van der Waals surface area contributed by atoms with E-state index in [2.05, 4.69) is 28.7 Å². The maximum absolute atomic E-state index is 13.3. The van der Waals surface area contributed by atoms with Gasteiger partial charge in [0, 0.05) is 50.7 Å². The number of amides is 2. The van der Waals surface area contributed by atoms with Gasteiger partial charge < -0.3 is 15.0 Å². The zero-order valence-corrected chi connectivity index (χ0v) is 18.2. The summed E-state index contributed by atoms with van der Waals surface area (Å²) in [4.78, 5) is 34.4. The fourth-order valence-corrected chi connectivity index (χ4v) is 3.66. The summed E-state index contributed by atoms with van der Waals surface area (Å²) in [6.07, 6.45) is 9.38. The third-order valence-electron chi connectivity index (χ3n) is 5.35. The van der Waals surface area contributed by atoms with Crippen LogP contribution in [0.5, 0.6) is 0 Å². The Labute approximate surface area is 180 Å². The van der Waals surface area contributed by atoms with Crippen molar-refractivity contribution < 1.29 is 14.3 Å². The van der Waals surface area contributed by atoms with Gasteiger partial charge in [0.2, 0.25) is 5.91 Å². The van der Waals surface area contributed by atoms with Crippen LogP contribution in [0, 0.1) is 0 Å². The monoisotopic (exact) mass is 416 g/mol. The van der Waals surface area contributed by atoms with Crippen LogP contribution in [-0.4, -0.2) is 78.6 Å². The topological polar surface area (TPSA) is 74.8 Å². The highest BCUT2D eigenvalue weighted by molar-refractivity contribution is 5.97. The highest BCUT2D eigenvalue weighted by atomic mass is 16.5. The van der Waals surface area contributed by atoms with Gasteiger partial charge in [0.25, 0.3) is 5.91 Å². The Morgan fingerprint density at radius 3 is 2.67 bits per heavy atom. The maximum Gasteiger partial charge on any atom is 0.254 e. The number of unbranched alkanes of at least 4 members (excludes halogenated alkanes) is 2. The number of hydrogen-bond donors (Lipinski definition) is 1. The van der Waals surface area contributed by atoms with Gasteiger partial charge in [-0.25, -0.2) is 0 Å². The number of hydrogen-bond acceptors (Lipinski definition) is 5. The van der Waals surface area contributed by atoms with Crippen molar-refractivity contribution in [3.63, 3.8) is 0 Å². The van der Waals surface area contributed by atoms with Crippen LogP contribution >= 0.6 is 0 Å². The predicted molar refractivity (Wildman–Crippen MR) is 118 cm³/mol. The highest BCUT2D eigenvalue weighted by Gasteiger charge is 2.29. The first-order valence-electron chi connectivity index (χ1n) is 11.1. The van der Waals surface area contributed by atoms with E-state index in [-0.39, 0.29) is 11.8 Å². The Hall–Kier alpha value is -2.25. The molecular weight excluding hydrogens is 380 g/mol. The molecule has 1 saturated heterocycles. The molecule has 7 heteroatoms. The van der Waals surface area contributed by atoms with Crippen molar-refractivity contribution >= 4 is 11.8 Å². The van der Waals surface area contributed by atoms with Crippen molar-refractivity contribution in [1.29, 1.82) is 0 Å². The molecule has 1 unspecified atom stereocenters. The summed E-state index contributed by atoms with van der Waals surface area (Å²) in [7, 11) is 0. The van der Waals surface area contributed by atoms with Gasteiger partial charge in [-0.15, -0.1) is 6.58 Å². The van der Waals surface area contributed by atoms with E-state index in [1.165, 1.54) is 0 Å². The lowest BCUT2D eigenvalue weighted by Gasteiger charge is -2.33. The van der Waals surface area contributed by atoms with Gasteiger partial charge in [-0.3, -0.25) is 19.5 Å². The van der Waals surface area contributed by atoms with Crippen molar-refractivity contribution in [3.8, 4) is 0 Å². The highest BCUT2D eigenvalue weighted by Crippen LogP contribution is 2.16. The van der Waals surface area contributed by atoms with Crippen molar-refractivity contribution in [2.45, 2.75) is 45.1 Å². The number of carbonyl (C=O) groups excluding carboxylic acids is 2. The summed E-state index contributed by atoms with van der Waals surface area (Å²) < 4.78 is 5.41. The lowest BCUT2D eigenvalue weighted by molar-refractivity contribution is -0.125.